The van der Waals surface area contributed by atoms with Crippen LogP contribution < -0.4 is 10.2 Å². The summed E-state index contributed by atoms with van der Waals surface area (Å²) in [4.78, 5) is 23.2. The quantitative estimate of drug-likeness (QED) is 0.524. The van der Waals surface area contributed by atoms with Crippen LogP contribution in [-0.2, 0) is 4.74 Å². The van der Waals surface area contributed by atoms with E-state index in [0.717, 1.165) is 24.2 Å². The lowest BCUT2D eigenvalue weighted by Crippen LogP contribution is -2.36. The van der Waals surface area contributed by atoms with E-state index in [-0.39, 0.29) is 11.4 Å². The first-order chi connectivity index (χ1) is 15.5. The Morgan fingerprint density at radius 3 is 2.75 bits per heavy atom. The zero-order chi connectivity index (χ0) is 22.2. The first kappa shape index (κ1) is 20.1. The van der Waals surface area contributed by atoms with Gasteiger partial charge in [0.2, 0.25) is 5.76 Å². The SMILES string of the molecule is Cc1nc(C)c(C(=O)Nc2ccc(F)c(-n3cc4cc(N5CCOCC5)cnc4n3)c2)o1. The molecule has 0 spiro atoms. The lowest BCUT2D eigenvalue weighted by molar-refractivity contribution is 0.0994. The van der Waals surface area contributed by atoms with Gasteiger partial charge in [0, 0.05) is 37.3 Å². The third-order valence-electron chi connectivity index (χ3n) is 5.28. The molecule has 164 valence electrons. The summed E-state index contributed by atoms with van der Waals surface area (Å²) in [5, 5.41) is 7.92. The Labute approximate surface area is 182 Å². The number of hydrogen-bond donors (Lipinski definition) is 1. The van der Waals surface area contributed by atoms with Crippen LogP contribution in [0.1, 0.15) is 22.1 Å². The van der Waals surface area contributed by atoms with Crippen molar-refractivity contribution < 1.29 is 18.3 Å². The molecule has 32 heavy (non-hydrogen) atoms. The van der Waals surface area contributed by atoms with E-state index < -0.39 is 11.7 Å². The van der Waals surface area contributed by atoms with Gasteiger partial charge in [-0.25, -0.2) is 19.0 Å². The lowest BCUT2D eigenvalue weighted by atomic mass is 10.2. The van der Waals surface area contributed by atoms with Gasteiger partial charge in [-0.15, -0.1) is 5.10 Å². The number of halogens is 1. The zero-order valence-electron chi connectivity index (χ0n) is 17.6. The molecule has 1 aliphatic rings. The van der Waals surface area contributed by atoms with Gasteiger partial charge in [-0.1, -0.05) is 0 Å². The molecule has 1 aromatic carbocycles. The van der Waals surface area contributed by atoms with E-state index in [4.69, 9.17) is 9.15 Å². The maximum atomic E-state index is 14.6. The van der Waals surface area contributed by atoms with Crippen LogP contribution in [0.15, 0.2) is 41.1 Å². The number of anilines is 2. The summed E-state index contributed by atoms with van der Waals surface area (Å²) in [5.74, 6) is -0.406. The third-order valence-corrected chi connectivity index (χ3v) is 5.28. The number of rotatable bonds is 4. The van der Waals surface area contributed by atoms with Crippen LogP contribution in [0.5, 0.6) is 0 Å². The second kappa shape index (κ2) is 8.04. The number of hydrogen-bond acceptors (Lipinski definition) is 7. The highest BCUT2D eigenvalue weighted by Crippen LogP contribution is 2.24. The van der Waals surface area contributed by atoms with Crippen LogP contribution in [0.4, 0.5) is 15.8 Å². The number of carbonyl (C=O) groups is 1. The highest BCUT2D eigenvalue weighted by molar-refractivity contribution is 6.03. The molecule has 0 atom stereocenters. The molecule has 4 heterocycles. The van der Waals surface area contributed by atoms with Gasteiger partial charge in [0.25, 0.3) is 5.91 Å². The number of nitrogens with zero attached hydrogens (tertiary/aromatic N) is 5. The van der Waals surface area contributed by atoms with E-state index in [1.807, 2.05) is 6.07 Å². The van der Waals surface area contributed by atoms with Crippen molar-refractivity contribution in [3.05, 3.63) is 59.8 Å². The zero-order valence-corrected chi connectivity index (χ0v) is 17.6. The fraction of sp³-hybridized carbons (Fsp3) is 0.273. The Bertz CT molecular complexity index is 1310. The van der Waals surface area contributed by atoms with Crippen LogP contribution in [0, 0.1) is 19.7 Å². The minimum absolute atomic E-state index is 0.123. The molecule has 4 aromatic rings. The average Bonchev–Trinajstić information content (AvgIpc) is 3.37. The molecule has 0 saturated carbocycles. The number of aromatic nitrogens is 4. The lowest BCUT2D eigenvalue weighted by Gasteiger charge is -2.28. The Balaban J connectivity index is 1.43. The van der Waals surface area contributed by atoms with Crippen molar-refractivity contribution in [1.82, 2.24) is 19.7 Å². The third kappa shape index (κ3) is 3.80. The number of fused-ring (bicyclic) bond motifs is 1. The monoisotopic (exact) mass is 436 g/mol. The van der Waals surface area contributed by atoms with Crippen LogP contribution in [0.3, 0.4) is 0 Å². The number of oxazole rings is 1. The van der Waals surface area contributed by atoms with Gasteiger partial charge in [0.15, 0.2) is 11.5 Å². The predicted molar refractivity (Wildman–Crippen MR) is 116 cm³/mol. The van der Waals surface area contributed by atoms with Gasteiger partial charge in [-0.05, 0) is 31.2 Å². The number of morpholine rings is 1. The molecule has 9 nitrogen and oxygen atoms in total. The predicted octanol–water partition coefficient (Wildman–Crippen LogP) is 3.25. The summed E-state index contributed by atoms with van der Waals surface area (Å²) in [7, 11) is 0. The molecule has 0 aliphatic carbocycles. The van der Waals surface area contributed by atoms with Gasteiger partial charge in [0.05, 0.1) is 30.8 Å². The van der Waals surface area contributed by atoms with Gasteiger partial charge < -0.3 is 19.4 Å². The molecule has 1 fully saturated rings. The van der Waals surface area contributed by atoms with E-state index in [0.29, 0.717) is 36.1 Å². The largest absolute Gasteiger partial charge is 0.436 e. The summed E-state index contributed by atoms with van der Waals surface area (Å²) in [6.07, 6.45) is 3.49. The standard InChI is InChI=1S/C22H21FN6O3/c1-13-20(32-14(2)25-13)22(30)26-16-3-4-18(23)19(10-16)29-12-15-9-17(11-24-21(15)27-29)28-5-7-31-8-6-28/h3-4,9-12H,5-8H2,1-2H3,(H,26,30). The normalized spacial score (nSPS) is 14.2. The molecule has 1 N–H and O–H groups in total. The van der Waals surface area contributed by atoms with Crippen LogP contribution in [0.2, 0.25) is 0 Å². The fourth-order valence-electron chi connectivity index (χ4n) is 3.72. The Kier molecular flexibility index (Phi) is 5.06. The molecule has 3 aromatic heterocycles. The smallest absolute Gasteiger partial charge is 0.293 e. The second-order valence-electron chi connectivity index (χ2n) is 7.55. The minimum atomic E-state index is -0.476. The number of benzene rings is 1. The van der Waals surface area contributed by atoms with Crippen LogP contribution >= 0.6 is 0 Å². The highest BCUT2D eigenvalue weighted by atomic mass is 19.1. The molecule has 0 radical (unpaired) electrons. The Morgan fingerprint density at radius 2 is 2.00 bits per heavy atom. The van der Waals surface area contributed by atoms with E-state index in [1.165, 1.54) is 22.9 Å². The maximum Gasteiger partial charge on any atom is 0.293 e. The molecule has 1 aliphatic heterocycles. The molecule has 0 unspecified atom stereocenters. The Morgan fingerprint density at radius 1 is 1.19 bits per heavy atom. The average molecular weight is 436 g/mol. The van der Waals surface area contributed by atoms with Gasteiger partial charge in [-0.2, -0.15) is 0 Å². The van der Waals surface area contributed by atoms with Crippen LogP contribution in [-0.4, -0.2) is 52.0 Å². The van der Waals surface area contributed by atoms with Crippen molar-refractivity contribution in [1.29, 1.82) is 0 Å². The molecule has 10 heteroatoms. The van der Waals surface area contributed by atoms with Crippen LogP contribution in [0.25, 0.3) is 16.7 Å². The first-order valence-corrected chi connectivity index (χ1v) is 10.2. The van der Waals surface area contributed by atoms with Crippen molar-refractivity contribution in [2.75, 3.05) is 36.5 Å². The Hall–Kier alpha value is -3.79. The van der Waals surface area contributed by atoms with E-state index in [9.17, 15) is 9.18 Å². The number of pyridine rings is 1. The maximum absolute atomic E-state index is 14.6. The topological polar surface area (TPSA) is 98.3 Å². The summed E-state index contributed by atoms with van der Waals surface area (Å²) >= 11 is 0. The van der Waals surface area contributed by atoms with Crippen molar-refractivity contribution >= 4 is 28.3 Å². The summed E-state index contributed by atoms with van der Waals surface area (Å²) in [6, 6.07) is 6.26. The number of aryl methyl sites for hydroxylation is 2. The van der Waals surface area contributed by atoms with E-state index >= 15 is 0 Å². The number of amides is 1. The molecular weight excluding hydrogens is 415 g/mol. The van der Waals surface area contributed by atoms with E-state index in [1.54, 1.807) is 26.2 Å². The summed E-state index contributed by atoms with van der Waals surface area (Å²) in [6.45, 7) is 6.29. The summed E-state index contributed by atoms with van der Waals surface area (Å²) in [5.41, 5.74) is 2.56. The molecule has 5 rings (SSSR count). The molecule has 1 saturated heterocycles. The first-order valence-electron chi connectivity index (χ1n) is 10.2. The van der Waals surface area contributed by atoms with Crippen molar-refractivity contribution in [3.63, 3.8) is 0 Å². The molecular formula is C22H21FN6O3. The van der Waals surface area contributed by atoms with E-state index in [2.05, 4.69) is 25.3 Å². The minimum Gasteiger partial charge on any atom is -0.436 e. The van der Waals surface area contributed by atoms with Gasteiger partial charge >= 0.3 is 0 Å². The second-order valence-corrected chi connectivity index (χ2v) is 7.55. The number of nitrogens with one attached hydrogen (secondary N) is 1. The van der Waals surface area contributed by atoms with Gasteiger partial charge in [0.1, 0.15) is 11.5 Å². The molecule has 1 amide bonds. The summed E-state index contributed by atoms with van der Waals surface area (Å²) < 4.78 is 26.8. The molecule has 0 bridgehead atoms. The van der Waals surface area contributed by atoms with Crippen molar-refractivity contribution in [2.24, 2.45) is 0 Å². The van der Waals surface area contributed by atoms with Crippen molar-refractivity contribution in [2.45, 2.75) is 13.8 Å². The van der Waals surface area contributed by atoms with Crippen molar-refractivity contribution in [3.8, 4) is 5.69 Å². The fourth-order valence-corrected chi connectivity index (χ4v) is 3.72. The van der Waals surface area contributed by atoms with Gasteiger partial charge in [-0.3, -0.25) is 4.79 Å². The number of carbonyl (C=O) groups excluding carboxylic acids is 1. The number of ether oxygens (including phenoxy) is 1. The highest BCUT2D eigenvalue weighted by Gasteiger charge is 2.18.